The van der Waals surface area contributed by atoms with Crippen LogP contribution >= 0.6 is 11.6 Å². The number of hydrogen-bond donors (Lipinski definition) is 1. The third-order valence-corrected chi connectivity index (χ3v) is 3.18. The highest BCUT2D eigenvalue weighted by Crippen LogP contribution is 2.32. The largest absolute Gasteiger partial charge is 0.480 e. The van der Waals surface area contributed by atoms with Crippen molar-refractivity contribution in [1.29, 1.82) is 0 Å². The SMILES string of the molecule is CCNC(c1nccnc1OC)c1c(F)cccc1Cl. The van der Waals surface area contributed by atoms with Crippen LogP contribution < -0.4 is 10.1 Å². The molecule has 2 aromatic rings. The van der Waals surface area contributed by atoms with Crippen molar-refractivity contribution >= 4 is 11.6 Å². The van der Waals surface area contributed by atoms with Crippen molar-refractivity contribution in [2.75, 3.05) is 13.7 Å². The maximum Gasteiger partial charge on any atom is 0.237 e. The standard InChI is InChI=1S/C14H15ClFN3O/c1-3-17-12(11-9(15)5-4-6-10(11)16)13-14(20-2)19-8-7-18-13/h4-8,12,17H,3H2,1-2H3. The summed E-state index contributed by atoms with van der Waals surface area (Å²) in [6.07, 6.45) is 3.06. The van der Waals surface area contributed by atoms with Crippen molar-refractivity contribution in [2.24, 2.45) is 0 Å². The number of nitrogens with zero attached hydrogens (tertiary/aromatic N) is 2. The van der Waals surface area contributed by atoms with Crippen molar-refractivity contribution in [3.05, 3.63) is 52.7 Å². The molecule has 1 atom stereocenters. The third-order valence-electron chi connectivity index (χ3n) is 2.85. The zero-order chi connectivity index (χ0) is 14.5. The van der Waals surface area contributed by atoms with Gasteiger partial charge in [0, 0.05) is 23.0 Å². The van der Waals surface area contributed by atoms with Gasteiger partial charge < -0.3 is 10.1 Å². The average Bonchev–Trinajstić information content (AvgIpc) is 2.46. The van der Waals surface area contributed by atoms with Crippen LogP contribution in [0.25, 0.3) is 0 Å². The Labute approximate surface area is 122 Å². The second-order valence-corrected chi connectivity index (χ2v) is 4.48. The summed E-state index contributed by atoms with van der Waals surface area (Å²) in [7, 11) is 1.50. The number of hydrogen-bond acceptors (Lipinski definition) is 4. The molecular formula is C14H15ClFN3O. The minimum Gasteiger partial charge on any atom is -0.480 e. The van der Waals surface area contributed by atoms with Gasteiger partial charge in [-0.25, -0.2) is 9.37 Å². The van der Waals surface area contributed by atoms with Crippen LogP contribution in [-0.4, -0.2) is 23.6 Å². The summed E-state index contributed by atoms with van der Waals surface area (Å²) in [5.41, 5.74) is 0.846. The highest BCUT2D eigenvalue weighted by atomic mass is 35.5. The molecule has 0 saturated carbocycles. The summed E-state index contributed by atoms with van der Waals surface area (Å²) < 4.78 is 19.3. The van der Waals surface area contributed by atoms with E-state index in [-0.39, 0.29) is 0 Å². The average molecular weight is 296 g/mol. The van der Waals surface area contributed by atoms with Gasteiger partial charge in [-0.1, -0.05) is 24.6 Å². The number of halogens is 2. The topological polar surface area (TPSA) is 47.0 Å². The monoisotopic (exact) mass is 295 g/mol. The van der Waals surface area contributed by atoms with Crippen molar-refractivity contribution < 1.29 is 9.13 Å². The lowest BCUT2D eigenvalue weighted by atomic mass is 10.0. The molecule has 0 amide bonds. The first-order valence-electron chi connectivity index (χ1n) is 6.21. The van der Waals surface area contributed by atoms with Gasteiger partial charge in [0.25, 0.3) is 0 Å². The lowest BCUT2D eigenvalue weighted by molar-refractivity contribution is 0.382. The zero-order valence-electron chi connectivity index (χ0n) is 11.2. The van der Waals surface area contributed by atoms with E-state index in [4.69, 9.17) is 16.3 Å². The molecule has 106 valence electrons. The van der Waals surface area contributed by atoms with Gasteiger partial charge in [0.05, 0.1) is 13.2 Å². The van der Waals surface area contributed by atoms with Gasteiger partial charge in [-0.05, 0) is 18.7 Å². The fourth-order valence-electron chi connectivity index (χ4n) is 2.02. The van der Waals surface area contributed by atoms with Crippen LogP contribution in [0.3, 0.4) is 0 Å². The maximum atomic E-state index is 14.1. The van der Waals surface area contributed by atoms with E-state index < -0.39 is 11.9 Å². The van der Waals surface area contributed by atoms with Crippen molar-refractivity contribution in [3.8, 4) is 5.88 Å². The van der Waals surface area contributed by atoms with E-state index >= 15 is 0 Å². The number of ether oxygens (including phenoxy) is 1. The van der Waals surface area contributed by atoms with Gasteiger partial charge in [0.15, 0.2) is 0 Å². The fourth-order valence-corrected chi connectivity index (χ4v) is 2.29. The number of rotatable bonds is 5. The lowest BCUT2D eigenvalue weighted by Crippen LogP contribution is -2.25. The summed E-state index contributed by atoms with van der Waals surface area (Å²) in [5, 5.41) is 3.50. The highest BCUT2D eigenvalue weighted by molar-refractivity contribution is 6.31. The minimum absolute atomic E-state index is 0.337. The van der Waals surface area contributed by atoms with E-state index in [1.165, 1.54) is 25.6 Å². The van der Waals surface area contributed by atoms with Crippen LogP contribution in [0, 0.1) is 5.82 Å². The predicted molar refractivity (Wildman–Crippen MR) is 75.5 cm³/mol. The molecular weight excluding hydrogens is 281 g/mol. The number of nitrogens with one attached hydrogen (secondary N) is 1. The van der Waals surface area contributed by atoms with Crippen molar-refractivity contribution in [1.82, 2.24) is 15.3 Å². The molecule has 0 bridgehead atoms. The van der Waals surface area contributed by atoms with Crippen LogP contribution in [-0.2, 0) is 0 Å². The Bertz CT molecular complexity index is 574. The van der Waals surface area contributed by atoms with E-state index in [9.17, 15) is 4.39 Å². The first kappa shape index (κ1) is 14.7. The van der Waals surface area contributed by atoms with Gasteiger partial charge in [-0.3, -0.25) is 4.98 Å². The summed E-state index contributed by atoms with van der Waals surface area (Å²) in [5.74, 6) is -0.0473. The molecule has 2 rings (SSSR count). The van der Waals surface area contributed by atoms with Crippen molar-refractivity contribution in [3.63, 3.8) is 0 Å². The maximum absolute atomic E-state index is 14.1. The molecule has 0 aliphatic carbocycles. The molecule has 1 aromatic carbocycles. The quantitative estimate of drug-likeness (QED) is 0.921. The minimum atomic E-state index is -0.516. The van der Waals surface area contributed by atoms with E-state index in [1.54, 1.807) is 12.1 Å². The molecule has 0 spiro atoms. The number of aromatic nitrogens is 2. The van der Waals surface area contributed by atoms with Gasteiger partial charge in [0.2, 0.25) is 5.88 Å². The molecule has 1 aromatic heterocycles. The molecule has 1 unspecified atom stereocenters. The molecule has 0 saturated heterocycles. The Hall–Kier alpha value is -1.72. The van der Waals surface area contributed by atoms with Crippen LogP contribution in [0.5, 0.6) is 5.88 Å². The van der Waals surface area contributed by atoms with Gasteiger partial charge >= 0.3 is 0 Å². The summed E-state index contributed by atoms with van der Waals surface area (Å²) in [6.45, 7) is 2.54. The van der Waals surface area contributed by atoms with Crippen LogP contribution in [0.4, 0.5) is 4.39 Å². The molecule has 0 aliphatic heterocycles. The third kappa shape index (κ3) is 2.89. The molecule has 1 heterocycles. The Morgan fingerprint density at radius 1 is 1.35 bits per heavy atom. The predicted octanol–water partition coefficient (Wildman–Crippen LogP) is 2.98. The van der Waals surface area contributed by atoms with Crippen LogP contribution in [0.15, 0.2) is 30.6 Å². The highest BCUT2D eigenvalue weighted by Gasteiger charge is 2.24. The summed E-state index contributed by atoms with van der Waals surface area (Å²) in [6, 6.07) is 4.07. The Morgan fingerprint density at radius 2 is 2.10 bits per heavy atom. The normalized spacial score (nSPS) is 12.2. The second kappa shape index (κ2) is 6.63. The molecule has 0 radical (unpaired) electrons. The van der Waals surface area contributed by atoms with E-state index in [1.807, 2.05) is 6.92 Å². The molecule has 0 aliphatic rings. The van der Waals surface area contributed by atoms with E-state index in [2.05, 4.69) is 15.3 Å². The van der Waals surface area contributed by atoms with E-state index in [0.717, 1.165) is 0 Å². The van der Waals surface area contributed by atoms with E-state index in [0.29, 0.717) is 28.7 Å². The molecule has 6 heteroatoms. The summed E-state index contributed by atoms with van der Waals surface area (Å²) in [4.78, 5) is 8.35. The van der Waals surface area contributed by atoms with Crippen molar-refractivity contribution in [2.45, 2.75) is 13.0 Å². The second-order valence-electron chi connectivity index (χ2n) is 4.08. The van der Waals surface area contributed by atoms with Gasteiger partial charge in [0.1, 0.15) is 11.5 Å². The fraction of sp³-hybridized carbons (Fsp3) is 0.286. The first-order chi connectivity index (χ1) is 9.69. The number of methoxy groups -OCH3 is 1. The number of benzene rings is 1. The molecule has 0 fully saturated rings. The lowest BCUT2D eigenvalue weighted by Gasteiger charge is -2.20. The molecule has 4 nitrogen and oxygen atoms in total. The van der Waals surface area contributed by atoms with Crippen LogP contribution in [0.2, 0.25) is 5.02 Å². The van der Waals surface area contributed by atoms with Crippen LogP contribution in [0.1, 0.15) is 24.2 Å². The molecule has 1 N–H and O–H groups in total. The Kier molecular flexibility index (Phi) is 4.87. The zero-order valence-corrected chi connectivity index (χ0v) is 12.0. The molecule has 20 heavy (non-hydrogen) atoms. The smallest absolute Gasteiger partial charge is 0.237 e. The Morgan fingerprint density at radius 3 is 2.75 bits per heavy atom. The first-order valence-corrected chi connectivity index (χ1v) is 6.59. The van der Waals surface area contributed by atoms with Gasteiger partial charge in [-0.15, -0.1) is 0 Å². The van der Waals surface area contributed by atoms with Gasteiger partial charge in [-0.2, -0.15) is 0 Å². The summed E-state index contributed by atoms with van der Waals surface area (Å²) >= 11 is 6.14. The Balaban J connectivity index is 2.56.